The van der Waals surface area contributed by atoms with Crippen LogP contribution in [-0.4, -0.2) is 48.0 Å². The number of allylic oxidation sites excluding steroid dienone is 2. The zero-order valence-electron chi connectivity index (χ0n) is 15.8. The molecule has 3 aliphatic rings. The number of rotatable bonds is 5. The summed E-state index contributed by atoms with van der Waals surface area (Å²) in [6, 6.07) is 3.80. The molecule has 3 atom stereocenters. The van der Waals surface area contributed by atoms with E-state index in [1.165, 1.54) is 6.92 Å². The van der Waals surface area contributed by atoms with Crippen LogP contribution in [-0.2, 0) is 23.9 Å². The number of nitrogens with zero attached hydrogens (tertiary/aromatic N) is 1. The molecule has 9 heteroatoms. The Bertz CT molecular complexity index is 884. The van der Waals surface area contributed by atoms with Gasteiger partial charge in [-0.15, -0.1) is 0 Å². The molecule has 152 valence electrons. The molecule has 0 spiro atoms. The van der Waals surface area contributed by atoms with E-state index in [9.17, 15) is 19.2 Å². The van der Waals surface area contributed by atoms with Crippen molar-refractivity contribution in [1.29, 1.82) is 0 Å². The molecule has 1 saturated heterocycles. The molecule has 2 aliphatic heterocycles. The first-order valence-electron chi connectivity index (χ1n) is 9.33. The highest BCUT2D eigenvalue weighted by Gasteiger charge is 2.50. The Hall–Kier alpha value is -3.36. The van der Waals surface area contributed by atoms with Crippen molar-refractivity contribution in [3.63, 3.8) is 0 Å². The number of hydrogen-bond donors (Lipinski definition) is 1. The van der Waals surface area contributed by atoms with Crippen molar-refractivity contribution in [2.45, 2.75) is 25.8 Å². The van der Waals surface area contributed by atoms with E-state index < -0.39 is 36.4 Å². The highest BCUT2D eigenvalue weighted by Crippen LogP contribution is 2.36. The smallest absolute Gasteiger partial charge is 0.329 e. The molecule has 1 fully saturated rings. The van der Waals surface area contributed by atoms with Gasteiger partial charge in [0.05, 0.1) is 11.8 Å². The van der Waals surface area contributed by atoms with Crippen LogP contribution in [0.5, 0.6) is 11.5 Å². The summed E-state index contributed by atoms with van der Waals surface area (Å²) < 4.78 is 15.5. The standard InChI is InChI=1S/C20H20N2O7/c1-11(22-18(24)13-4-2-3-5-14(13)19(22)25)20(26)27-9-17(23)21-12-6-7-15-16(8-12)29-10-28-15/h2-3,6-8,11,13-14H,4-5,9-10H2,1H3,(H,21,23)/t11-,13-,14+/m0/s1. The van der Waals surface area contributed by atoms with Crippen LogP contribution in [0.3, 0.4) is 0 Å². The van der Waals surface area contributed by atoms with Gasteiger partial charge in [0.25, 0.3) is 5.91 Å². The van der Waals surface area contributed by atoms with Crippen LogP contribution >= 0.6 is 0 Å². The Morgan fingerprint density at radius 3 is 2.48 bits per heavy atom. The van der Waals surface area contributed by atoms with Gasteiger partial charge in [-0.3, -0.25) is 19.3 Å². The van der Waals surface area contributed by atoms with Crippen LogP contribution in [0.1, 0.15) is 19.8 Å². The fourth-order valence-corrected chi connectivity index (χ4v) is 3.74. The van der Waals surface area contributed by atoms with E-state index in [1.54, 1.807) is 18.2 Å². The number of benzene rings is 1. The highest BCUT2D eigenvalue weighted by atomic mass is 16.7. The molecular formula is C20H20N2O7. The van der Waals surface area contributed by atoms with Crippen molar-refractivity contribution >= 4 is 29.4 Å². The third-order valence-corrected chi connectivity index (χ3v) is 5.27. The van der Waals surface area contributed by atoms with E-state index in [0.717, 1.165) is 4.90 Å². The van der Waals surface area contributed by atoms with Crippen molar-refractivity contribution < 1.29 is 33.4 Å². The summed E-state index contributed by atoms with van der Waals surface area (Å²) in [6.07, 6.45) is 4.73. The maximum atomic E-state index is 12.5. The molecule has 1 aromatic rings. The van der Waals surface area contributed by atoms with Crippen LogP contribution in [0.15, 0.2) is 30.4 Å². The van der Waals surface area contributed by atoms with Gasteiger partial charge in [-0.2, -0.15) is 0 Å². The summed E-state index contributed by atoms with van der Waals surface area (Å²) in [4.78, 5) is 50.4. The maximum Gasteiger partial charge on any atom is 0.329 e. The van der Waals surface area contributed by atoms with Crippen molar-refractivity contribution in [3.8, 4) is 11.5 Å². The molecule has 0 aromatic heterocycles. The molecule has 0 bridgehead atoms. The van der Waals surface area contributed by atoms with E-state index in [1.807, 2.05) is 12.2 Å². The first kappa shape index (κ1) is 19.0. The number of carbonyl (C=O) groups excluding carboxylic acids is 4. The van der Waals surface area contributed by atoms with Crippen LogP contribution in [0, 0.1) is 11.8 Å². The Kier molecular flexibility index (Phi) is 4.96. The van der Waals surface area contributed by atoms with Gasteiger partial charge in [0.1, 0.15) is 6.04 Å². The van der Waals surface area contributed by atoms with Gasteiger partial charge in [-0.25, -0.2) is 4.79 Å². The molecule has 29 heavy (non-hydrogen) atoms. The number of likely N-dealkylation sites (tertiary alicyclic amines) is 1. The first-order chi connectivity index (χ1) is 14.0. The second-order valence-corrected chi connectivity index (χ2v) is 7.10. The van der Waals surface area contributed by atoms with E-state index in [0.29, 0.717) is 30.0 Å². The quantitative estimate of drug-likeness (QED) is 0.450. The summed E-state index contributed by atoms with van der Waals surface area (Å²) in [7, 11) is 0. The number of carbonyl (C=O) groups is 4. The van der Waals surface area contributed by atoms with E-state index in [4.69, 9.17) is 14.2 Å². The molecule has 1 aromatic carbocycles. The predicted octanol–water partition coefficient (Wildman–Crippen LogP) is 1.24. The highest BCUT2D eigenvalue weighted by molar-refractivity contribution is 6.08. The number of ether oxygens (including phenoxy) is 3. The Labute approximate surface area is 166 Å². The monoisotopic (exact) mass is 400 g/mol. The summed E-state index contributed by atoms with van der Waals surface area (Å²) >= 11 is 0. The van der Waals surface area contributed by atoms with Crippen LogP contribution < -0.4 is 14.8 Å². The average Bonchev–Trinajstić information content (AvgIpc) is 3.28. The molecule has 0 unspecified atom stereocenters. The van der Waals surface area contributed by atoms with Crippen molar-refractivity contribution in [2.24, 2.45) is 11.8 Å². The fourth-order valence-electron chi connectivity index (χ4n) is 3.74. The zero-order valence-corrected chi connectivity index (χ0v) is 15.8. The minimum Gasteiger partial charge on any atom is -0.454 e. The van der Waals surface area contributed by atoms with Crippen LogP contribution in [0.25, 0.3) is 0 Å². The van der Waals surface area contributed by atoms with Gasteiger partial charge in [-0.05, 0) is 31.9 Å². The topological polar surface area (TPSA) is 111 Å². The lowest BCUT2D eigenvalue weighted by Gasteiger charge is -2.21. The SMILES string of the molecule is C[C@@H](C(=O)OCC(=O)Nc1ccc2c(c1)OCO2)N1C(=O)[C@H]2CC=CC[C@H]2C1=O. The molecule has 3 amide bonds. The molecule has 0 radical (unpaired) electrons. The molecule has 1 aliphatic carbocycles. The van der Waals surface area contributed by atoms with E-state index >= 15 is 0 Å². The number of anilines is 1. The number of fused-ring (bicyclic) bond motifs is 2. The molecule has 1 N–H and O–H groups in total. The average molecular weight is 400 g/mol. The van der Waals surface area contributed by atoms with Gasteiger partial charge >= 0.3 is 5.97 Å². The first-order valence-corrected chi connectivity index (χ1v) is 9.33. The second-order valence-electron chi connectivity index (χ2n) is 7.10. The fraction of sp³-hybridized carbons (Fsp3) is 0.400. The number of esters is 1. The lowest BCUT2D eigenvalue weighted by Crippen LogP contribution is -2.45. The van der Waals surface area contributed by atoms with Crippen molar-refractivity contribution in [1.82, 2.24) is 4.90 Å². The van der Waals surface area contributed by atoms with Gasteiger partial charge < -0.3 is 19.5 Å². The molecule has 0 saturated carbocycles. The van der Waals surface area contributed by atoms with E-state index in [2.05, 4.69) is 5.32 Å². The summed E-state index contributed by atoms with van der Waals surface area (Å²) in [5.41, 5.74) is 0.463. The number of imide groups is 1. The predicted molar refractivity (Wildman–Crippen MR) is 98.8 cm³/mol. The minimum atomic E-state index is -1.08. The third kappa shape index (κ3) is 3.55. The van der Waals surface area contributed by atoms with Gasteiger partial charge in [0.15, 0.2) is 18.1 Å². The number of amides is 3. The second kappa shape index (κ2) is 7.57. The van der Waals surface area contributed by atoms with Gasteiger partial charge in [0.2, 0.25) is 18.6 Å². The largest absolute Gasteiger partial charge is 0.454 e. The molecule has 4 rings (SSSR count). The maximum absolute atomic E-state index is 12.5. The Morgan fingerprint density at radius 1 is 1.14 bits per heavy atom. The minimum absolute atomic E-state index is 0.119. The summed E-state index contributed by atoms with van der Waals surface area (Å²) in [5, 5.41) is 2.59. The zero-order chi connectivity index (χ0) is 20.5. The third-order valence-electron chi connectivity index (χ3n) is 5.27. The van der Waals surface area contributed by atoms with Crippen LogP contribution in [0.4, 0.5) is 5.69 Å². The number of nitrogens with one attached hydrogen (secondary N) is 1. The normalized spacial score (nSPS) is 23.0. The lowest BCUT2D eigenvalue weighted by atomic mass is 9.85. The molecule has 9 nitrogen and oxygen atoms in total. The molecular weight excluding hydrogens is 380 g/mol. The Morgan fingerprint density at radius 2 is 1.79 bits per heavy atom. The van der Waals surface area contributed by atoms with Crippen LogP contribution in [0.2, 0.25) is 0 Å². The van der Waals surface area contributed by atoms with Crippen molar-refractivity contribution in [2.75, 3.05) is 18.7 Å². The summed E-state index contributed by atoms with van der Waals surface area (Å²) in [6.45, 7) is 1.01. The van der Waals surface area contributed by atoms with Crippen molar-refractivity contribution in [3.05, 3.63) is 30.4 Å². The Balaban J connectivity index is 1.31. The molecule has 2 heterocycles. The van der Waals surface area contributed by atoms with Gasteiger partial charge in [0, 0.05) is 11.8 Å². The summed E-state index contributed by atoms with van der Waals surface area (Å²) in [5.74, 6) is -1.83. The van der Waals surface area contributed by atoms with Gasteiger partial charge in [-0.1, -0.05) is 12.2 Å². The lowest BCUT2D eigenvalue weighted by molar-refractivity contribution is -0.159. The number of hydrogen-bond acceptors (Lipinski definition) is 7. The van der Waals surface area contributed by atoms with E-state index in [-0.39, 0.29) is 18.6 Å².